The molecule has 0 saturated heterocycles. The molecule has 1 nitrogen and oxygen atoms in total. The van der Waals surface area contributed by atoms with Crippen LogP contribution in [0.3, 0.4) is 0 Å². The van der Waals surface area contributed by atoms with E-state index in [4.69, 9.17) is 4.43 Å². The fraction of sp³-hybridized carbons (Fsp3) is 0.778. The summed E-state index contributed by atoms with van der Waals surface area (Å²) in [5.41, 5.74) is 1.37. The molecule has 0 radical (unpaired) electrons. The van der Waals surface area contributed by atoms with Crippen LogP contribution in [0, 0.1) is 0 Å². The Morgan fingerprint density at radius 2 is 1.64 bits per heavy atom. The van der Waals surface area contributed by atoms with Gasteiger partial charge in [0.15, 0.2) is 0 Å². The Bertz CT molecular complexity index is 153. The number of allylic oxidation sites excluding steroid dienone is 2. The first-order valence-corrected chi connectivity index (χ1v) is 7.63. The molecule has 0 amide bonds. The Labute approximate surface area is 71.6 Å². The van der Waals surface area contributed by atoms with E-state index in [-0.39, 0.29) is 0 Å². The summed E-state index contributed by atoms with van der Waals surface area (Å²) < 4.78 is 5.81. The van der Waals surface area contributed by atoms with E-state index in [1.165, 1.54) is 5.57 Å². The van der Waals surface area contributed by atoms with E-state index in [9.17, 15) is 0 Å². The van der Waals surface area contributed by atoms with Crippen LogP contribution in [0.4, 0.5) is 0 Å². The van der Waals surface area contributed by atoms with Gasteiger partial charge in [-0.1, -0.05) is 6.92 Å². The zero-order valence-corrected chi connectivity index (χ0v) is 9.62. The normalized spacial score (nSPS) is 14.4. The molecule has 0 N–H and O–H groups in total. The molecule has 0 rings (SSSR count). The van der Waals surface area contributed by atoms with Crippen LogP contribution >= 0.6 is 0 Å². The second kappa shape index (κ2) is 3.95. The largest absolute Gasteiger partial charge is 0.548 e. The lowest BCUT2D eigenvalue weighted by atomic mass is 10.2. The van der Waals surface area contributed by atoms with Gasteiger partial charge < -0.3 is 4.43 Å². The van der Waals surface area contributed by atoms with Crippen LogP contribution in [0.2, 0.25) is 19.6 Å². The molecule has 0 unspecified atom stereocenters. The highest BCUT2D eigenvalue weighted by Gasteiger charge is 2.16. The minimum Gasteiger partial charge on any atom is -0.548 e. The van der Waals surface area contributed by atoms with Crippen molar-refractivity contribution in [3.8, 4) is 0 Å². The van der Waals surface area contributed by atoms with E-state index in [2.05, 4.69) is 40.4 Å². The van der Waals surface area contributed by atoms with Gasteiger partial charge >= 0.3 is 0 Å². The van der Waals surface area contributed by atoms with Crippen molar-refractivity contribution >= 4 is 8.32 Å². The molecule has 0 aliphatic rings. The van der Waals surface area contributed by atoms with Crippen LogP contribution in [-0.2, 0) is 4.43 Å². The molecule has 0 atom stereocenters. The van der Waals surface area contributed by atoms with Crippen LogP contribution in [0.1, 0.15) is 27.2 Å². The van der Waals surface area contributed by atoms with Gasteiger partial charge in [0.25, 0.3) is 0 Å². The lowest BCUT2D eigenvalue weighted by Crippen LogP contribution is -2.24. The summed E-state index contributed by atoms with van der Waals surface area (Å²) in [5, 5.41) is 0. The molecule has 0 saturated carbocycles. The Balaban J connectivity index is 4.17. The monoisotopic (exact) mass is 172 g/mol. The van der Waals surface area contributed by atoms with Crippen molar-refractivity contribution in [2.45, 2.75) is 46.8 Å². The molecule has 0 fully saturated rings. The molecule has 0 aromatic rings. The summed E-state index contributed by atoms with van der Waals surface area (Å²) in [6.45, 7) is 13.0. The van der Waals surface area contributed by atoms with Gasteiger partial charge in [-0.25, -0.2) is 0 Å². The van der Waals surface area contributed by atoms with Gasteiger partial charge in [-0.2, -0.15) is 0 Å². The molecule has 0 bridgehead atoms. The first-order valence-electron chi connectivity index (χ1n) is 4.22. The van der Waals surface area contributed by atoms with Gasteiger partial charge in [-0.3, -0.25) is 0 Å². The van der Waals surface area contributed by atoms with Gasteiger partial charge in [-0.05, 0) is 45.5 Å². The zero-order chi connectivity index (χ0) is 9.07. The van der Waals surface area contributed by atoms with E-state index in [0.717, 1.165) is 12.2 Å². The van der Waals surface area contributed by atoms with Gasteiger partial charge in [0, 0.05) is 0 Å². The maximum absolute atomic E-state index is 5.81. The average molecular weight is 172 g/mol. The van der Waals surface area contributed by atoms with Gasteiger partial charge in [0.1, 0.15) is 0 Å². The molecular formula is C9H20OSi. The van der Waals surface area contributed by atoms with Crippen molar-refractivity contribution < 1.29 is 4.43 Å². The van der Waals surface area contributed by atoms with Gasteiger partial charge in [0.2, 0.25) is 8.32 Å². The van der Waals surface area contributed by atoms with Crippen molar-refractivity contribution in [3.63, 3.8) is 0 Å². The first-order chi connectivity index (χ1) is 4.87. The van der Waals surface area contributed by atoms with Crippen LogP contribution in [0.25, 0.3) is 0 Å². The van der Waals surface area contributed by atoms with Gasteiger partial charge in [0.05, 0.1) is 5.76 Å². The Morgan fingerprint density at radius 3 is 1.91 bits per heavy atom. The summed E-state index contributed by atoms with van der Waals surface area (Å²) in [6, 6.07) is 0. The quantitative estimate of drug-likeness (QED) is 0.467. The van der Waals surface area contributed by atoms with Gasteiger partial charge in [-0.15, -0.1) is 0 Å². The number of hydrogen-bond donors (Lipinski definition) is 0. The third-order valence-electron chi connectivity index (χ3n) is 1.59. The molecule has 2 heteroatoms. The van der Waals surface area contributed by atoms with Crippen molar-refractivity contribution in [2.75, 3.05) is 0 Å². The number of hydrogen-bond acceptors (Lipinski definition) is 1. The molecule has 66 valence electrons. The van der Waals surface area contributed by atoms with E-state index >= 15 is 0 Å². The Morgan fingerprint density at radius 1 is 1.18 bits per heavy atom. The summed E-state index contributed by atoms with van der Waals surface area (Å²) in [6.07, 6.45) is 1.09. The van der Waals surface area contributed by atoms with Crippen molar-refractivity contribution in [1.82, 2.24) is 0 Å². The van der Waals surface area contributed by atoms with Crippen LogP contribution in [-0.4, -0.2) is 8.32 Å². The predicted molar refractivity (Wildman–Crippen MR) is 53.1 cm³/mol. The third kappa shape index (κ3) is 5.07. The molecule has 0 heterocycles. The van der Waals surface area contributed by atoms with Crippen molar-refractivity contribution in [3.05, 3.63) is 11.3 Å². The summed E-state index contributed by atoms with van der Waals surface area (Å²) >= 11 is 0. The fourth-order valence-electron chi connectivity index (χ4n) is 0.795. The Hall–Kier alpha value is -0.243. The molecule has 0 aliphatic heterocycles. The lowest BCUT2D eigenvalue weighted by molar-refractivity contribution is 0.415. The van der Waals surface area contributed by atoms with E-state index in [0.29, 0.717) is 0 Å². The Kier molecular flexibility index (Phi) is 3.87. The summed E-state index contributed by atoms with van der Waals surface area (Å²) in [7, 11) is -1.36. The zero-order valence-electron chi connectivity index (χ0n) is 8.62. The van der Waals surface area contributed by atoms with E-state index in [1.54, 1.807) is 0 Å². The van der Waals surface area contributed by atoms with Crippen LogP contribution in [0.5, 0.6) is 0 Å². The lowest BCUT2D eigenvalue weighted by Gasteiger charge is -2.21. The van der Waals surface area contributed by atoms with Crippen LogP contribution < -0.4 is 0 Å². The molecule has 0 aromatic carbocycles. The van der Waals surface area contributed by atoms with E-state index in [1.807, 2.05) is 0 Å². The molecule has 11 heavy (non-hydrogen) atoms. The SMILES string of the molecule is CC/C(C)=C(\C)O[Si](C)(C)C. The highest BCUT2D eigenvalue weighted by atomic mass is 28.4. The molecule has 0 aromatic heterocycles. The molecule has 0 spiro atoms. The van der Waals surface area contributed by atoms with E-state index < -0.39 is 8.32 Å². The fourth-order valence-corrected chi connectivity index (χ4v) is 1.89. The summed E-state index contributed by atoms with van der Waals surface area (Å²) in [4.78, 5) is 0. The highest BCUT2D eigenvalue weighted by Crippen LogP contribution is 2.14. The minimum atomic E-state index is -1.36. The second-order valence-corrected chi connectivity index (χ2v) is 8.33. The maximum Gasteiger partial charge on any atom is 0.241 e. The standard InChI is InChI=1S/C9H20OSi/c1-7-8(2)9(3)10-11(4,5)6/h7H2,1-6H3/b9-8+. The maximum atomic E-state index is 5.81. The van der Waals surface area contributed by atoms with Crippen molar-refractivity contribution in [1.29, 1.82) is 0 Å². The predicted octanol–water partition coefficient (Wildman–Crippen LogP) is 3.54. The second-order valence-electron chi connectivity index (χ2n) is 3.90. The minimum absolute atomic E-state index is 1.09. The third-order valence-corrected chi connectivity index (χ3v) is 2.51. The first kappa shape index (κ1) is 10.8. The highest BCUT2D eigenvalue weighted by molar-refractivity contribution is 6.70. The molecular weight excluding hydrogens is 152 g/mol. The molecule has 0 aliphatic carbocycles. The average Bonchev–Trinajstić information content (AvgIpc) is 1.82. The smallest absolute Gasteiger partial charge is 0.241 e. The van der Waals surface area contributed by atoms with Crippen LogP contribution in [0.15, 0.2) is 11.3 Å². The summed E-state index contributed by atoms with van der Waals surface area (Å²) in [5.74, 6) is 1.13. The topological polar surface area (TPSA) is 9.23 Å². The van der Waals surface area contributed by atoms with Crippen molar-refractivity contribution in [2.24, 2.45) is 0 Å². The number of rotatable bonds is 3.